The number of unbranched alkanes of at least 4 members (excludes halogenated alkanes) is 1. The molecular weight excluding hydrogens is 302 g/mol. The Morgan fingerprint density at radius 2 is 2.13 bits per heavy atom. The highest BCUT2D eigenvalue weighted by molar-refractivity contribution is 5.92. The number of rotatable bonds is 5. The Kier molecular flexibility index (Phi) is 5.12. The molecule has 0 amide bonds. The van der Waals surface area contributed by atoms with Gasteiger partial charge >= 0.3 is 5.97 Å². The van der Waals surface area contributed by atoms with Crippen molar-refractivity contribution in [2.45, 2.75) is 26.7 Å². The van der Waals surface area contributed by atoms with Crippen LogP contribution >= 0.6 is 0 Å². The Morgan fingerprint density at radius 1 is 1.39 bits per heavy atom. The molecule has 2 rings (SSSR count). The molecule has 0 saturated carbocycles. The Morgan fingerprint density at radius 3 is 2.78 bits per heavy atom. The Hall–Kier alpha value is -2.68. The molecule has 0 fully saturated rings. The summed E-state index contributed by atoms with van der Waals surface area (Å²) < 4.78 is 33.3. The van der Waals surface area contributed by atoms with Gasteiger partial charge in [0, 0.05) is 12.5 Å². The van der Waals surface area contributed by atoms with Gasteiger partial charge in [0.2, 0.25) is 0 Å². The molecule has 0 bridgehead atoms. The molecule has 6 heteroatoms. The summed E-state index contributed by atoms with van der Waals surface area (Å²) in [5.74, 6) is 0.485. The number of aryl methyl sites for hydroxylation is 1. The molecule has 120 valence electrons. The maximum atomic E-state index is 13.9. The monoisotopic (exact) mass is 318 g/mol. The van der Waals surface area contributed by atoms with E-state index in [-0.39, 0.29) is 17.9 Å². The summed E-state index contributed by atoms with van der Waals surface area (Å²) in [4.78, 5) is 12.2. The van der Waals surface area contributed by atoms with Crippen LogP contribution in [0.4, 0.5) is 8.78 Å². The maximum absolute atomic E-state index is 13.9. The predicted octanol–water partition coefficient (Wildman–Crippen LogP) is 3.34. The van der Waals surface area contributed by atoms with Crippen LogP contribution < -0.4 is 0 Å². The van der Waals surface area contributed by atoms with Crippen molar-refractivity contribution in [1.29, 1.82) is 0 Å². The lowest BCUT2D eigenvalue weighted by Gasteiger charge is -2.07. The molecule has 2 aromatic rings. The van der Waals surface area contributed by atoms with Crippen LogP contribution in [0.2, 0.25) is 0 Å². The van der Waals surface area contributed by atoms with Crippen LogP contribution in [0.5, 0.6) is 0 Å². The Labute approximate surface area is 133 Å². The van der Waals surface area contributed by atoms with Gasteiger partial charge in [-0.15, -0.1) is 12.3 Å². The van der Waals surface area contributed by atoms with E-state index in [1.54, 1.807) is 13.8 Å². The van der Waals surface area contributed by atoms with Gasteiger partial charge in [0.25, 0.3) is 0 Å². The molecule has 1 aromatic heterocycles. The van der Waals surface area contributed by atoms with E-state index in [1.165, 1.54) is 10.7 Å². The number of esters is 1. The first-order valence-corrected chi connectivity index (χ1v) is 7.08. The second-order valence-corrected chi connectivity index (χ2v) is 5.00. The number of terminal acetylenes is 1. The van der Waals surface area contributed by atoms with Crippen molar-refractivity contribution in [2.24, 2.45) is 0 Å². The summed E-state index contributed by atoms with van der Waals surface area (Å²) in [5.41, 5.74) is 1.18. The summed E-state index contributed by atoms with van der Waals surface area (Å²) >= 11 is 0. The molecule has 1 aromatic carbocycles. The van der Waals surface area contributed by atoms with Crippen LogP contribution in [-0.4, -0.2) is 22.4 Å². The van der Waals surface area contributed by atoms with Crippen molar-refractivity contribution < 1.29 is 18.3 Å². The van der Waals surface area contributed by atoms with Crippen LogP contribution in [0.1, 0.15) is 34.6 Å². The van der Waals surface area contributed by atoms with Crippen LogP contribution in [0.25, 0.3) is 5.69 Å². The minimum absolute atomic E-state index is 0.0679. The fraction of sp³-hybridized carbons (Fsp3) is 0.294. The van der Waals surface area contributed by atoms with Crippen molar-refractivity contribution in [2.75, 3.05) is 6.61 Å². The van der Waals surface area contributed by atoms with E-state index in [4.69, 9.17) is 11.2 Å². The minimum Gasteiger partial charge on any atom is -0.462 e. The quantitative estimate of drug-likeness (QED) is 0.482. The molecule has 0 atom stereocenters. The number of carbonyl (C=O) groups excluding carboxylic acids is 1. The van der Waals surface area contributed by atoms with Gasteiger partial charge in [0.1, 0.15) is 17.1 Å². The molecule has 0 radical (unpaired) electrons. The third kappa shape index (κ3) is 3.57. The van der Waals surface area contributed by atoms with Crippen LogP contribution in [0.15, 0.2) is 18.2 Å². The van der Waals surface area contributed by atoms with E-state index in [1.807, 2.05) is 0 Å². The highest BCUT2D eigenvalue weighted by Gasteiger charge is 2.22. The highest BCUT2D eigenvalue weighted by Crippen LogP contribution is 2.21. The van der Waals surface area contributed by atoms with Gasteiger partial charge in [0.15, 0.2) is 5.82 Å². The zero-order chi connectivity index (χ0) is 17.0. The van der Waals surface area contributed by atoms with Gasteiger partial charge in [-0.2, -0.15) is 5.10 Å². The van der Waals surface area contributed by atoms with Crippen LogP contribution in [0.3, 0.4) is 0 Å². The normalized spacial score (nSPS) is 10.4. The Balaban J connectivity index is 2.29. The smallest absolute Gasteiger partial charge is 0.341 e. The molecule has 0 N–H and O–H groups in total. The Bertz CT molecular complexity index is 776. The first-order chi connectivity index (χ1) is 11.0. The average molecular weight is 318 g/mol. The molecule has 0 saturated heterocycles. The lowest BCUT2D eigenvalue weighted by molar-refractivity contribution is 0.0500. The van der Waals surface area contributed by atoms with Gasteiger partial charge in [-0.05, 0) is 32.4 Å². The average Bonchev–Trinajstić information content (AvgIpc) is 2.78. The second-order valence-electron chi connectivity index (χ2n) is 5.00. The van der Waals surface area contributed by atoms with Gasteiger partial charge in [0.05, 0.1) is 18.0 Å². The number of hydrogen-bond donors (Lipinski definition) is 0. The molecule has 0 aliphatic heterocycles. The predicted molar refractivity (Wildman–Crippen MR) is 81.3 cm³/mol. The molecule has 4 nitrogen and oxygen atoms in total. The number of halogens is 2. The lowest BCUT2D eigenvalue weighted by atomic mass is 10.2. The first kappa shape index (κ1) is 16.7. The standard InChI is InChI=1S/C17H16F2N2O2/c1-4-5-6-9-23-17(22)16-11(2)20-21(12(16)3)15-8-7-13(18)10-14(15)19/h1,7-8,10H,5-6,9H2,2-3H3. The van der Waals surface area contributed by atoms with E-state index in [0.29, 0.717) is 24.2 Å². The van der Waals surface area contributed by atoms with E-state index < -0.39 is 17.6 Å². The maximum Gasteiger partial charge on any atom is 0.341 e. The van der Waals surface area contributed by atoms with Gasteiger partial charge < -0.3 is 4.74 Å². The van der Waals surface area contributed by atoms with Crippen LogP contribution in [0, 0.1) is 37.8 Å². The molecule has 1 heterocycles. The summed E-state index contributed by atoms with van der Waals surface area (Å²) in [5, 5.41) is 4.16. The highest BCUT2D eigenvalue weighted by atomic mass is 19.1. The van der Waals surface area contributed by atoms with Gasteiger partial charge in [-0.25, -0.2) is 18.3 Å². The number of hydrogen-bond acceptors (Lipinski definition) is 3. The fourth-order valence-electron chi connectivity index (χ4n) is 2.24. The molecule has 0 unspecified atom stereocenters. The third-order valence-electron chi connectivity index (χ3n) is 3.33. The largest absolute Gasteiger partial charge is 0.462 e. The van der Waals surface area contributed by atoms with Crippen LogP contribution in [-0.2, 0) is 4.74 Å². The number of carbonyl (C=O) groups is 1. The summed E-state index contributed by atoms with van der Waals surface area (Å²) in [6, 6.07) is 3.17. The number of nitrogens with zero attached hydrogens (tertiary/aromatic N) is 2. The van der Waals surface area contributed by atoms with Crippen molar-refractivity contribution in [3.05, 3.63) is 46.8 Å². The van der Waals surface area contributed by atoms with Crippen molar-refractivity contribution in [3.8, 4) is 18.0 Å². The number of benzene rings is 1. The van der Waals surface area contributed by atoms with E-state index >= 15 is 0 Å². The SMILES string of the molecule is C#CCCCOC(=O)c1c(C)nn(-c2ccc(F)cc2F)c1C. The second kappa shape index (κ2) is 7.05. The molecular formula is C17H16F2N2O2. The van der Waals surface area contributed by atoms with Gasteiger partial charge in [-0.3, -0.25) is 0 Å². The first-order valence-electron chi connectivity index (χ1n) is 7.08. The minimum atomic E-state index is -0.760. The molecule has 23 heavy (non-hydrogen) atoms. The topological polar surface area (TPSA) is 44.1 Å². The molecule has 0 spiro atoms. The summed E-state index contributed by atoms with van der Waals surface area (Å²) in [6.07, 6.45) is 6.22. The van der Waals surface area contributed by atoms with Crippen molar-refractivity contribution in [3.63, 3.8) is 0 Å². The molecule has 0 aliphatic carbocycles. The fourth-order valence-corrected chi connectivity index (χ4v) is 2.24. The third-order valence-corrected chi connectivity index (χ3v) is 3.33. The zero-order valence-electron chi connectivity index (χ0n) is 12.9. The van der Waals surface area contributed by atoms with Crippen molar-refractivity contribution >= 4 is 5.97 Å². The molecule has 0 aliphatic rings. The lowest BCUT2D eigenvalue weighted by Crippen LogP contribution is -2.09. The number of aromatic nitrogens is 2. The zero-order valence-corrected chi connectivity index (χ0v) is 12.9. The van der Waals surface area contributed by atoms with E-state index in [0.717, 1.165) is 12.1 Å². The van der Waals surface area contributed by atoms with E-state index in [2.05, 4.69) is 11.0 Å². The summed E-state index contributed by atoms with van der Waals surface area (Å²) in [6.45, 7) is 3.46. The summed E-state index contributed by atoms with van der Waals surface area (Å²) in [7, 11) is 0. The van der Waals surface area contributed by atoms with Crippen molar-refractivity contribution in [1.82, 2.24) is 9.78 Å². The van der Waals surface area contributed by atoms with E-state index in [9.17, 15) is 13.6 Å². The number of ether oxygens (including phenoxy) is 1. The van der Waals surface area contributed by atoms with Gasteiger partial charge in [-0.1, -0.05) is 0 Å².